The van der Waals surface area contributed by atoms with Crippen LogP contribution in [0.3, 0.4) is 0 Å². The Morgan fingerprint density at radius 2 is 1.61 bits per heavy atom. The zero-order valence-electron chi connectivity index (χ0n) is 14.5. The van der Waals surface area contributed by atoms with Crippen molar-refractivity contribution in [2.75, 3.05) is 0 Å². The first-order valence-electron chi connectivity index (χ1n) is 8.49. The number of aromatic nitrogens is 2. The lowest BCUT2D eigenvalue weighted by atomic mass is 10.1. The van der Waals surface area contributed by atoms with E-state index in [9.17, 15) is 13.2 Å². The Morgan fingerprint density at radius 3 is 2.36 bits per heavy atom. The van der Waals surface area contributed by atoms with E-state index < -0.39 is 6.36 Å². The minimum absolute atomic E-state index is 0.271. The molecule has 4 nitrogen and oxygen atoms in total. The predicted octanol–water partition coefficient (Wildman–Crippen LogP) is 5.71. The summed E-state index contributed by atoms with van der Waals surface area (Å²) < 4.78 is 46.1. The number of rotatable bonds is 5. The molecular weight excluding hydrogens is 369 g/mol. The summed E-state index contributed by atoms with van der Waals surface area (Å²) >= 11 is 0. The molecule has 4 aromatic rings. The summed E-state index contributed by atoms with van der Waals surface area (Å²) in [4.78, 5) is 7.86. The summed E-state index contributed by atoms with van der Waals surface area (Å²) in [5.74, 6) is 0.923. The van der Waals surface area contributed by atoms with Crippen molar-refractivity contribution in [2.45, 2.75) is 13.0 Å². The summed E-state index contributed by atoms with van der Waals surface area (Å²) in [5.41, 5.74) is 3.68. The molecule has 0 amide bonds. The third kappa shape index (κ3) is 4.25. The number of imidazole rings is 1. The molecule has 142 valence electrons. The lowest BCUT2D eigenvalue weighted by Crippen LogP contribution is -2.16. The minimum atomic E-state index is -4.71. The summed E-state index contributed by atoms with van der Waals surface area (Å²) in [6.45, 7) is 0.271. The summed E-state index contributed by atoms with van der Waals surface area (Å²) in [6.07, 6.45) is -4.71. The Kier molecular flexibility index (Phi) is 4.65. The molecule has 0 unspecified atom stereocenters. The van der Waals surface area contributed by atoms with Gasteiger partial charge in [-0.1, -0.05) is 30.3 Å². The van der Waals surface area contributed by atoms with Crippen LogP contribution in [0, 0.1) is 0 Å². The van der Waals surface area contributed by atoms with Gasteiger partial charge >= 0.3 is 6.36 Å². The van der Waals surface area contributed by atoms with Crippen LogP contribution < -0.4 is 9.47 Å². The van der Waals surface area contributed by atoms with E-state index in [0.29, 0.717) is 5.75 Å². The molecule has 3 aromatic carbocycles. The Bertz CT molecular complexity index is 1060. The molecular formula is C21H15F3N2O2. The second-order valence-corrected chi connectivity index (χ2v) is 6.11. The largest absolute Gasteiger partial charge is 0.573 e. The molecule has 4 rings (SSSR count). The SMILES string of the molecule is FC(F)(F)Oc1ccc(OCc2cccc(-c3nc4ccccc4[nH]3)c2)cc1. The van der Waals surface area contributed by atoms with Gasteiger partial charge in [0.15, 0.2) is 0 Å². The fourth-order valence-corrected chi connectivity index (χ4v) is 2.80. The molecule has 0 aliphatic rings. The van der Waals surface area contributed by atoms with E-state index >= 15 is 0 Å². The topological polar surface area (TPSA) is 47.1 Å². The van der Waals surface area contributed by atoms with Gasteiger partial charge in [0, 0.05) is 5.56 Å². The van der Waals surface area contributed by atoms with Gasteiger partial charge in [-0.2, -0.15) is 0 Å². The van der Waals surface area contributed by atoms with Crippen LogP contribution in [0.15, 0.2) is 72.8 Å². The highest BCUT2D eigenvalue weighted by Crippen LogP contribution is 2.26. The fraction of sp³-hybridized carbons (Fsp3) is 0.0952. The zero-order valence-corrected chi connectivity index (χ0v) is 14.5. The van der Waals surface area contributed by atoms with Crippen molar-refractivity contribution < 1.29 is 22.6 Å². The van der Waals surface area contributed by atoms with Gasteiger partial charge in [-0.3, -0.25) is 0 Å². The number of hydrogen-bond acceptors (Lipinski definition) is 3. The van der Waals surface area contributed by atoms with E-state index in [0.717, 1.165) is 28.0 Å². The van der Waals surface area contributed by atoms with E-state index in [2.05, 4.69) is 14.7 Å². The number of nitrogens with zero attached hydrogens (tertiary/aromatic N) is 1. The number of ether oxygens (including phenoxy) is 2. The first-order chi connectivity index (χ1) is 13.5. The molecule has 0 atom stereocenters. The fourth-order valence-electron chi connectivity index (χ4n) is 2.80. The first-order valence-corrected chi connectivity index (χ1v) is 8.49. The number of benzene rings is 3. The highest BCUT2D eigenvalue weighted by Gasteiger charge is 2.30. The highest BCUT2D eigenvalue weighted by atomic mass is 19.4. The monoisotopic (exact) mass is 384 g/mol. The molecule has 0 spiro atoms. The van der Waals surface area contributed by atoms with Crippen LogP contribution >= 0.6 is 0 Å². The maximum atomic E-state index is 12.2. The minimum Gasteiger partial charge on any atom is -0.489 e. The Labute approximate surface area is 158 Å². The molecule has 0 saturated carbocycles. The maximum Gasteiger partial charge on any atom is 0.573 e. The molecule has 0 aliphatic heterocycles. The number of hydrogen-bond donors (Lipinski definition) is 1. The average Bonchev–Trinajstić information content (AvgIpc) is 3.11. The second-order valence-electron chi connectivity index (χ2n) is 6.11. The van der Waals surface area contributed by atoms with Gasteiger partial charge in [0.2, 0.25) is 0 Å². The molecule has 1 aromatic heterocycles. The van der Waals surface area contributed by atoms with E-state index in [1.54, 1.807) is 0 Å². The Hall–Kier alpha value is -3.48. The molecule has 28 heavy (non-hydrogen) atoms. The van der Waals surface area contributed by atoms with Crippen LogP contribution in [0.1, 0.15) is 5.56 Å². The molecule has 1 N–H and O–H groups in total. The smallest absolute Gasteiger partial charge is 0.489 e. The van der Waals surface area contributed by atoms with Crippen LogP contribution in [0.5, 0.6) is 11.5 Å². The standard InChI is InChI=1S/C21H15F3N2O2/c22-21(23,24)28-17-10-8-16(9-11-17)27-13-14-4-3-5-15(12-14)20-25-18-6-1-2-7-19(18)26-20/h1-12H,13H2,(H,25,26). The number of nitrogens with one attached hydrogen (secondary N) is 1. The van der Waals surface area contributed by atoms with Crippen molar-refractivity contribution in [3.63, 3.8) is 0 Å². The van der Waals surface area contributed by atoms with Gasteiger partial charge < -0.3 is 14.5 Å². The third-order valence-electron chi connectivity index (χ3n) is 4.05. The quantitative estimate of drug-likeness (QED) is 0.480. The number of para-hydroxylation sites is 2. The van der Waals surface area contributed by atoms with Crippen LogP contribution in [0.25, 0.3) is 22.4 Å². The molecule has 0 radical (unpaired) electrons. The van der Waals surface area contributed by atoms with Crippen LogP contribution in [-0.2, 0) is 6.61 Å². The van der Waals surface area contributed by atoms with Gasteiger partial charge in [-0.05, 0) is 48.0 Å². The van der Waals surface area contributed by atoms with Gasteiger partial charge in [-0.25, -0.2) is 4.98 Å². The molecule has 0 bridgehead atoms. The van der Waals surface area contributed by atoms with Gasteiger partial charge in [0.25, 0.3) is 0 Å². The van der Waals surface area contributed by atoms with Crippen molar-refractivity contribution >= 4 is 11.0 Å². The Morgan fingerprint density at radius 1 is 0.857 bits per heavy atom. The summed E-state index contributed by atoms with van der Waals surface area (Å²) in [7, 11) is 0. The Balaban J connectivity index is 1.45. The number of fused-ring (bicyclic) bond motifs is 1. The number of H-pyrrole nitrogens is 1. The normalized spacial score (nSPS) is 11.5. The van der Waals surface area contributed by atoms with Crippen molar-refractivity contribution in [1.82, 2.24) is 9.97 Å². The lowest BCUT2D eigenvalue weighted by Gasteiger charge is -2.10. The molecule has 7 heteroatoms. The molecule has 0 aliphatic carbocycles. The van der Waals surface area contributed by atoms with Gasteiger partial charge in [-0.15, -0.1) is 13.2 Å². The highest BCUT2D eigenvalue weighted by molar-refractivity contribution is 5.79. The van der Waals surface area contributed by atoms with Crippen molar-refractivity contribution in [1.29, 1.82) is 0 Å². The van der Waals surface area contributed by atoms with Crippen LogP contribution in [0.4, 0.5) is 13.2 Å². The van der Waals surface area contributed by atoms with Crippen molar-refractivity contribution in [3.05, 3.63) is 78.4 Å². The molecule has 0 saturated heterocycles. The van der Waals surface area contributed by atoms with E-state index in [4.69, 9.17) is 4.74 Å². The number of alkyl halides is 3. The van der Waals surface area contributed by atoms with Crippen LogP contribution in [0.2, 0.25) is 0 Å². The van der Waals surface area contributed by atoms with Gasteiger partial charge in [0.05, 0.1) is 11.0 Å². The number of halogens is 3. The maximum absolute atomic E-state index is 12.2. The van der Waals surface area contributed by atoms with Gasteiger partial charge in [0.1, 0.15) is 23.9 Å². The average molecular weight is 384 g/mol. The first kappa shape index (κ1) is 17.9. The second kappa shape index (κ2) is 7.26. The molecule has 1 heterocycles. The van der Waals surface area contributed by atoms with Crippen LogP contribution in [-0.4, -0.2) is 16.3 Å². The third-order valence-corrected chi connectivity index (χ3v) is 4.05. The lowest BCUT2D eigenvalue weighted by molar-refractivity contribution is -0.274. The van der Waals surface area contributed by atoms with E-state index in [1.165, 1.54) is 24.3 Å². The summed E-state index contributed by atoms with van der Waals surface area (Å²) in [6, 6.07) is 20.8. The number of aromatic amines is 1. The van der Waals surface area contributed by atoms with Crippen molar-refractivity contribution in [2.24, 2.45) is 0 Å². The summed E-state index contributed by atoms with van der Waals surface area (Å²) in [5, 5.41) is 0. The zero-order chi connectivity index (χ0) is 19.6. The van der Waals surface area contributed by atoms with Crippen molar-refractivity contribution in [3.8, 4) is 22.9 Å². The molecule has 0 fully saturated rings. The predicted molar refractivity (Wildman–Crippen MR) is 99.0 cm³/mol. The van der Waals surface area contributed by atoms with E-state index in [-0.39, 0.29) is 12.4 Å². The van der Waals surface area contributed by atoms with E-state index in [1.807, 2.05) is 48.5 Å².